The maximum atomic E-state index is 15.0. The van der Waals surface area contributed by atoms with Crippen molar-refractivity contribution in [1.29, 1.82) is 0 Å². The highest BCUT2D eigenvalue weighted by atomic mass is 19.4. The van der Waals surface area contributed by atoms with Crippen LogP contribution in [0.2, 0.25) is 0 Å². The van der Waals surface area contributed by atoms with Crippen molar-refractivity contribution in [3.63, 3.8) is 0 Å². The van der Waals surface area contributed by atoms with Crippen molar-refractivity contribution in [3.8, 4) is 22.9 Å². The molecule has 0 bridgehead atoms. The van der Waals surface area contributed by atoms with E-state index in [1.54, 1.807) is 6.07 Å². The Morgan fingerprint density at radius 2 is 1.83 bits per heavy atom. The lowest BCUT2D eigenvalue weighted by Crippen LogP contribution is -2.51. The quantitative estimate of drug-likeness (QED) is 0.175. The monoisotopic (exact) mass is 675 g/mol. The lowest BCUT2D eigenvalue weighted by molar-refractivity contribution is -0.265. The number of nitrogens with one attached hydrogen (secondary N) is 1. The van der Waals surface area contributed by atoms with Gasteiger partial charge in [-0.15, -0.1) is 0 Å². The molecule has 4 aromatic rings. The molecule has 2 atom stereocenters. The number of alkyl halides is 3. The molecule has 0 saturated heterocycles. The number of hydrogen-bond donors (Lipinski definition) is 3. The molecule has 0 radical (unpaired) electrons. The minimum atomic E-state index is -5.53. The number of rotatable bonds is 9. The number of carbonyl (C=O) groups excluding carboxylic acids is 2. The molecule has 4 N–H and O–H groups in total. The van der Waals surface area contributed by atoms with E-state index in [-0.39, 0.29) is 29.0 Å². The zero-order chi connectivity index (χ0) is 34.3. The van der Waals surface area contributed by atoms with Crippen molar-refractivity contribution in [3.05, 3.63) is 76.4 Å². The Hall–Kier alpha value is -4.86. The molecule has 3 aliphatic rings. The first-order valence-electron chi connectivity index (χ1n) is 15.0. The van der Waals surface area contributed by atoms with Crippen LogP contribution in [0.3, 0.4) is 0 Å². The van der Waals surface area contributed by atoms with E-state index in [2.05, 4.69) is 15.4 Å². The van der Waals surface area contributed by atoms with Crippen molar-refractivity contribution >= 4 is 17.3 Å². The highest BCUT2D eigenvalue weighted by molar-refractivity contribution is 5.96. The van der Waals surface area contributed by atoms with E-state index in [1.165, 1.54) is 23.6 Å². The lowest BCUT2D eigenvalue weighted by Gasteiger charge is -2.31. The predicted molar refractivity (Wildman–Crippen MR) is 155 cm³/mol. The summed E-state index contributed by atoms with van der Waals surface area (Å²) in [6, 6.07) is 6.50. The summed E-state index contributed by atoms with van der Waals surface area (Å²) in [5.41, 5.74) is -2.06. The van der Waals surface area contributed by atoms with E-state index in [9.17, 15) is 41.0 Å². The largest absolute Gasteiger partial charge is 0.489 e. The number of primary amides is 1. The Morgan fingerprint density at radius 1 is 1.10 bits per heavy atom. The van der Waals surface area contributed by atoms with Crippen LogP contribution in [0.4, 0.5) is 26.3 Å². The van der Waals surface area contributed by atoms with E-state index in [0.717, 1.165) is 37.4 Å². The maximum absolute atomic E-state index is 15.0. The third kappa shape index (κ3) is 5.18. The smallest absolute Gasteiger partial charge is 0.424 e. The molecule has 2 fully saturated rings. The summed E-state index contributed by atoms with van der Waals surface area (Å²) in [7, 11) is 0. The summed E-state index contributed by atoms with van der Waals surface area (Å²) in [6.07, 6.45) is -2.13. The normalized spacial score (nSPS) is 20.2. The number of hydrogen-bond acceptors (Lipinski definition) is 7. The number of aromatic nitrogens is 3. The molecular weight excluding hydrogens is 648 g/mol. The molecule has 4 heterocycles. The number of halogens is 6. The molecule has 48 heavy (non-hydrogen) atoms. The molecule has 3 aromatic heterocycles. The minimum absolute atomic E-state index is 0.0777. The van der Waals surface area contributed by atoms with Crippen LogP contribution in [0.1, 0.15) is 65.8 Å². The van der Waals surface area contributed by atoms with Crippen LogP contribution in [0.25, 0.3) is 16.8 Å². The van der Waals surface area contributed by atoms with Gasteiger partial charge in [0.2, 0.25) is 17.4 Å². The molecule has 2 saturated carbocycles. The van der Waals surface area contributed by atoms with Gasteiger partial charge in [0.1, 0.15) is 29.6 Å². The van der Waals surface area contributed by atoms with Crippen LogP contribution in [0, 0.1) is 17.5 Å². The molecule has 1 unspecified atom stereocenters. The number of pyridine rings is 2. The number of ether oxygens (including phenoxy) is 2. The number of aliphatic hydroxyl groups is 1. The van der Waals surface area contributed by atoms with Crippen molar-refractivity contribution in [2.24, 2.45) is 5.73 Å². The number of fused-ring (bicyclic) bond motifs is 2. The van der Waals surface area contributed by atoms with Crippen molar-refractivity contribution in [1.82, 2.24) is 19.9 Å². The van der Waals surface area contributed by atoms with E-state index >= 15 is 0 Å². The lowest BCUT2D eigenvalue weighted by atomic mass is 9.81. The van der Waals surface area contributed by atoms with Gasteiger partial charge in [0, 0.05) is 28.7 Å². The Bertz CT molecular complexity index is 2010. The summed E-state index contributed by atoms with van der Waals surface area (Å²) in [5.74, 6) is -7.28. The molecule has 1 aromatic carbocycles. The van der Waals surface area contributed by atoms with Gasteiger partial charge < -0.3 is 25.6 Å². The summed E-state index contributed by atoms with van der Waals surface area (Å²) in [6.45, 7) is -0.758. The highest BCUT2D eigenvalue weighted by Crippen LogP contribution is 2.48. The number of amides is 2. The van der Waals surface area contributed by atoms with Gasteiger partial charge in [0.25, 0.3) is 5.91 Å². The molecule has 7 rings (SSSR count). The van der Waals surface area contributed by atoms with Gasteiger partial charge in [-0.2, -0.15) is 18.3 Å². The Kier molecular flexibility index (Phi) is 7.16. The van der Waals surface area contributed by atoms with E-state index in [4.69, 9.17) is 15.2 Å². The second-order valence-corrected chi connectivity index (χ2v) is 12.6. The van der Waals surface area contributed by atoms with E-state index in [1.807, 2.05) is 0 Å². The number of benzene rings is 1. The van der Waals surface area contributed by atoms with Gasteiger partial charge in [0.15, 0.2) is 17.5 Å². The van der Waals surface area contributed by atoms with Gasteiger partial charge in [-0.25, -0.2) is 22.7 Å². The fraction of sp³-hybridized carbons (Fsp3) is 0.375. The Labute approximate surface area is 267 Å². The highest BCUT2D eigenvalue weighted by Gasteiger charge is 2.58. The predicted octanol–water partition coefficient (Wildman–Crippen LogP) is 4.55. The zero-order valence-corrected chi connectivity index (χ0v) is 25.1. The van der Waals surface area contributed by atoms with Gasteiger partial charge in [-0.05, 0) is 62.9 Å². The summed E-state index contributed by atoms with van der Waals surface area (Å²) in [4.78, 5) is 29.6. The van der Waals surface area contributed by atoms with Crippen LogP contribution < -0.4 is 20.5 Å². The van der Waals surface area contributed by atoms with Crippen LogP contribution >= 0.6 is 0 Å². The molecule has 0 spiro atoms. The van der Waals surface area contributed by atoms with Crippen LogP contribution in [-0.2, 0) is 15.8 Å². The Morgan fingerprint density at radius 3 is 2.48 bits per heavy atom. The molecule has 10 nitrogen and oxygen atoms in total. The molecule has 16 heteroatoms. The van der Waals surface area contributed by atoms with Gasteiger partial charge in [-0.3, -0.25) is 9.59 Å². The third-order valence-corrected chi connectivity index (χ3v) is 8.92. The second-order valence-electron chi connectivity index (χ2n) is 12.6. The van der Waals surface area contributed by atoms with Crippen molar-refractivity contribution in [2.45, 2.75) is 61.8 Å². The van der Waals surface area contributed by atoms with E-state index in [0.29, 0.717) is 17.6 Å². The third-order valence-electron chi connectivity index (χ3n) is 8.92. The van der Waals surface area contributed by atoms with Crippen LogP contribution in [0.5, 0.6) is 11.6 Å². The van der Waals surface area contributed by atoms with E-state index < -0.39 is 82.3 Å². The topological polar surface area (TPSA) is 141 Å². The maximum Gasteiger partial charge on any atom is 0.424 e. The molecule has 2 aliphatic carbocycles. The standard InChI is InChI=1S/C32H27F6N5O5/c1-30(29(39)45)13-47-27-19(30)11-22(41-26(27)18-6-7-20(33)25(35)24(18)34)31(46,32(36,37)38)12-40-28(44)15-8-16-10-21(14-2-3-14)42-43(16)23(9-15)48-17-4-5-17/h6-11,14,17,46H,2-5,12-13H2,1H3,(H2,39,45)(H,40,44)/t30-,31?/m0/s1. The Balaban J connectivity index is 1.29. The fourth-order valence-electron chi connectivity index (χ4n) is 5.58. The summed E-state index contributed by atoms with van der Waals surface area (Å²) < 4.78 is 100. The second kappa shape index (κ2) is 10.8. The summed E-state index contributed by atoms with van der Waals surface area (Å²) >= 11 is 0. The van der Waals surface area contributed by atoms with Crippen LogP contribution in [0.15, 0.2) is 36.4 Å². The van der Waals surface area contributed by atoms with Crippen molar-refractivity contribution in [2.75, 3.05) is 13.2 Å². The average Bonchev–Trinajstić information content (AvgIpc) is 3.97. The SMILES string of the molecule is C[C@]1(C(N)=O)COc2c1cc(C(O)(CNC(=O)c1cc(OC3CC3)n3nc(C4CC4)cc3c1)C(F)(F)F)nc2-c1ccc(F)c(F)c1F. The molecule has 252 valence electrons. The molecule has 1 aliphatic heterocycles. The minimum Gasteiger partial charge on any atom is -0.489 e. The number of carbonyl (C=O) groups is 2. The fourth-order valence-corrected chi connectivity index (χ4v) is 5.58. The molecular formula is C32H27F6N5O5. The van der Waals surface area contributed by atoms with Gasteiger partial charge >= 0.3 is 6.18 Å². The van der Waals surface area contributed by atoms with Gasteiger partial charge in [0.05, 0.1) is 23.4 Å². The first kappa shape index (κ1) is 31.7. The zero-order valence-electron chi connectivity index (χ0n) is 25.1. The summed E-state index contributed by atoms with van der Waals surface area (Å²) in [5, 5.41) is 18.0. The van der Waals surface area contributed by atoms with Gasteiger partial charge in [-0.1, -0.05) is 0 Å². The average molecular weight is 676 g/mol. The molecule has 2 amide bonds. The number of nitrogens with two attached hydrogens (primary N) is 1. The van der Waals surface area contributed by atoms with Crippen molar-refractivity contribution < 1.29 is 50.5 Å². The first-order chi connectivity index (χ1) is 22.6. The first-order valence-corrected chi connectivity index (χ1v) is 15.0. The van der Waals surface area contributed by atoms with Crippen LogP contribution in [-0.4, -0.2) is 57.0 Å². The number of nitrogens with zero attached hydrogens (tertiary/aromatic N) is 3.